The van der Waals surface area contributed by atoms with E-state index in [1.165, 1.54) is 19.2 Å². The van der Waals surface area contributed by atoms with Gasteiger partial charge in [-0.05, 0) is 29.8 Å². The second-order valence-corrected chi connectivity index (χ2v) is 7.90. The van der Waals surface area contributed by atoms with Gasteiger partial charge in [0.25, 0.3) is 0 Å². The van der Waals surface area contributed by atoms with Crippen molar-refractivity contribution >= 4 is 17.7 Å². The maximum atomic E-state index is 13.4. The summed E-state index contributed by atoms with van der Waals surface area (Å²) in [7, 11) is 2.96. The highest BCUT2D eigenvalue weighted by atomic mass is 19.1. The lowest BCUT2D eigenvalue weighted by Crippen LogP contribution is -2.51. The third kappa shape index (κ3) is 4.93. The molecule has 2 aromatic carbocycles. The van der Waals surface area contributed by atoms with E-state index < -0.39 is 23.9 Å². The Kier molecular flexibility index (Phi) is 6.79. The van der Waals surface area contributed by atoms with Gasteiger partial charge in [-0.3, -0.25) is 4.90 Å². The maximum Gasteiger partial charge on any atom is 0.338 e. The number of carbonyl (C=O) groups is 2. The Morgan fingerprint density at radius 3 is 2.42 bits per heavy atom. The largest absolute Gasteiger partial charge is 0.495 e. The Bertz CT molecular complexity index is 1050. The Morgan fingerprint density at radius 2 is 1.76 bits per heavy atom. The van der Waals surface area contributed by atoms with Gasteiger partial charge >= 0.3 is 12.0 Å². The Hall–Kier alpha value is -3.59. The maximum absolute atomic E-state index is 13.4. The summed E-state index contributed by atoms with van der Waals surface area (Å²) >= 11 is 0. The third-order valence-corrected chi connectivity index (χ3v) is 5.94. The van der Waals surface area contributed by atoms with Crippen LogP contribution in [-0.4, -0.2) is 63.8 Å². The van der Waals surface area contributed by atoms with E-state index in [4.69, 9.17) is 9.47 Å². The highest BCUT2D eigenvalue weighted by molar-refractivity contribution is 5.95. The fourth-order valence-electron chi connectivity index (χ4n) is 4.26. The zero-order chi connectivity index (χ0) is 23.4. The van der Waals surface area contributed by atoms with Gasteiger partial charge in [0.1, 0.15) is 11.6 Å². The molecule has 0 radical (unpaired) electrons. The number of nitrogens with zero attached hydrogens (tertiary/aromatic N) is 2. The van der Waals surface area contributed by atoms with Gasteiger partial charge in [-0.15, -0.1) is 0 Å². The number of esters is 1. The summed E-state index contributed by atoms with van der Waals surface area (Å²) < 4.78 is 23.9. The van der Waals surface area contributed by atoms with Gasteiger partial charge in [0, 0.05) is 38.4 Å². The van der Waals surface area contributed by atoms with E-state index in [9.17, 15) is 14.0 Å². The normalized spacial score (nSPS) is 19.1. The Balaban J connectivity index is 1.54. The molecule has 2 aliphatic heterocycles. The number of methoxy groups -OCH3 is 2. The molecule has 0 aliphatic carbocycles. The number of ether oxygens (including phenoxy) is 2. The molecule has 0 aromatic heterocycles. The first-order valence-electron chi connectivity index (χ1n) is 10.7. The fraction of sp³-hybridized carbons (Fsp3) is 0.333. The smallest absolute Gasteiger partial charge is 0.338 e. The van der Waals surface area contributed by atoms with Crippen LogP contribution < -0.4 is 20.3 Å². The predicted octanol–water partition coefficient (Wildman–Crippen LogP) is 2.44. The lowest BCUT2D eigenvalue weighted by atomic mass is 9.95. The number of anilines is 1. The van der Waals surface area contributed by atoms with E-state index >= 15 is 0 Å². The molecule has 9 heteroatoms. The number of hydrogen-bond acceptors (Lipinski definition) is 6. The van der Waals surface area contributed by atoms with Crippen molar-refractivity contribution in [2.24, 2.45) is 0 Å². The van der Waals surface area contributed by atoms with Crippen molar-refractivity contribution in [2.45, 2.75) is 6.04 Å². The minimum Gasteiger partial charge on any atom is -0.495 e. The van der Waals surface area contributed by atoms with Crippen molar-refractivity contribution in [1.82, 2.24) is 15.5 Å². The van der Waals surface area contributed by atoms with Crippen LogP contribution in [0.3, 0.4) is 0 Å². The quantitative estimate of drug-likeness (QED) is 0.653. The lowest BCUT2D eigenvalue weighted by molar-refractivity contribution is -0.136. The first-order chi connectivity index (χ1) is 16.0. The van der Waals surface area contributed by atoms with Crippen molar-refractivity contribution in [3.63, 3.8) is 0 Å². The van der Waals surface area contributed by atoms with Crippen molar-refractivity contribution < 1.29 is 23.5 Å². The zero-order valence-electron chi connectivity index (χ0n) is 18.6. The number of amides is 2. The number of urea groups is 1. The van der Waals surface area contributed by atoms with Crippen LogP contribution in [0.15, 0.2) is 59.8 Å². The molecule has 174 valence electrons. The number of piperazine rings is 1. The molecule has 2 aromatic rings. The van der Waals surface area contributed by atoms with E-state index in [2.05, 4.69) is 20.4 Å². The summed E-state index contributed by atoms with van der Waals surface area (Å²) in [5.41, 5.74) is 2.45. The predicted molar refractivity (Wildman–Crippen MR) is 121 cm³/mol. The molecule has 1 saturated heterocycles. The van der Waals surface area contributed by atoms with E-state index in [0.29, 0.717) is 23.4 Å². The number of halogens is 1. The summed E-state index contributed by atoms with van der Waals surface area (Å²) in [6.45, 7) is 3.40. The fourth-order valence-corrected chi connectivity index (χ4v) is 4.26. The SMILES string of the molecule is COC(=O)C1=C(CN2CCN(c3ccccc3OC)CC2)NC(=O)N[C@H]1c1ccc(F)cc1. The topological polar surface area (TPSA) is 83.1 Å². The van der Waals surface area contributed by atoms with Crippen LogP contribution in [-0.2, 0) is 9.53 Å². The van der Waals surface area contributed by atoms with Crippen molar-refractivity contribution in [1.29, 1.82) is 0 Å². The van der Waals surface area contributed by atoms with Gasteiger partial charge in [-0.2, -0.15) is 0 Å². The molecule has 8 nitrogen and oxygen atoms in total. The van der Waals surface area contributed by atoms with Crippen LogP contribution in [0.2, 0.25) is 0 Å². The molecule has 1 atom stereocenters. The van der Waals surface area contributed by atoms with Gasteiger partial charge in [0.15, 0.2) is 0 Å². The highest BCUT2D eigenvalue weighted by Gasteiger charge is 2.34. The average Bonchev–Trinajstić information content (AvgIpc) is 2.84. The molecule has 2 heterocycles. The Morgan fingerprint density at radius 1 is 1.06 bits per heavy atom. The van der Waals surface area contributed by atoms with Crippen molar-refractivity contribution in [3.05, 3.63) is 71.2 Å². The van der Waals surface area contributed by atoms with Crippen LogP contribution in [0, 0.1) is 5.82 Å². The first kappa shape index (κ1) is 22.6. The number of para-hydroxylation sites is 2. The van der Waals surface area contributed by atoms with E-state index in [1.807, 2.05) is 24.3 Å². The van der Waals surface area contributed by atoms with Gasteiger partial charge in [0.2, 0.25) is 0 Å². The molecular formula is C24H27FN4O4. The molecule has 2 amide bonds. The molecule has 0 spiro atoms. The van der Waals surface area contributed by atoms with Crippen LogP contribution >= 0.6 is 0 Å². The monoisotopic (exact) mass is 454 g/mol. The van der Waals surface area contributed by atoms with E-state index in [1.54, 1.807) is 19.2 Å². The van der Waals surface area contributed by atoms with Gasteiger partial charge in [-0.1, -0.05) is 24.3 Å². The van der Waals surface area contributed by atoms with Gasteiger partial charge < -0.3 is 25.0 Å². The summed E-state index contributed by atoms with van der Waals surface area (Å²) in [6.07, 6.45) is 0. The molecule has 2 aliphatic rings. The minimum atomic E-state index is -0.725. The highest BCUT2D eigenvalue weighted by Crippen LogP contribution is 2.30. The summed E-state index contributed by atoms with van der Waals surface area (Å²) in [4.78, 5) is 29.5. The zero-order valence-corrected chi connectivity index (χ0v) is 18.6. The molecule has 0 saturated carbocycles. The standard InChI is InChI=1S/C24H27FN4O4/c1-32-20-6-4-3-5-19(20)29-13-11-28(12-14-29)15-18-21(23(30)33-2)22(27-24(31)26-18)16-7-9-17(25)10-8-16/h3-10,22H,11-15H2,1-2H3,(H2,26,27,31)/t22-/m0/s1. The molecule has 0 bridgehead atoms. The van der Waals surface area contributed by atoms with Gasteiger partial charge in [-0.25, -0.2) is 14.0 Å². The average molecular weight is 455 g/mol. The van der Waals surface area contributed by atoms with Crippen LogP contribution in [0.25, 0.3) is 0 Å². The van der Waals surface area contributed by atoms with E-state index in [0.717, 1.165) is 37.6 Å². The minimum absolute atomic E-state index is 0.316. The van der Waals surface area contributed by atoms with Crippen LogP contribution in [0.1, 0.15) is 11.6 Å². The van der Waals surface area contributed by atoms with Gasteiger partial charge in [0.05, 0.1) is 31.5 Å². The number of carbonyl (C=O) groups excluding carboxylic acids is 2. The molecular weight excluding hydrogens is 427 g/mol. The second-order valence-electron chi connectivity index (χ2n) is 7.90. The summed E-state index contributed by atoms with van der Waals surface area (Å²) in [5.74, 6) is -0.107. The first-order valence-corrected chi connectivity index (χ1v) is 10.7. The van der Waals surface area contributed by atoms with Crippen LogP contribution in [0.4, 0.5) is 14.9 Å². The Labute approximate surface area is 192 Å². The second kappa shape index (κ2) is 9.91. The molecule has 33 heavy (non-hydrogen) atoms. The molecule has 2 N–H and O–H groups in total. The molecule has 0 unspecified atom stereocenters. The number of rotatable bonds is 6. The summed E-state index contributed by atoms with van der Waals surface area (Å²) in [6, 6.07) is 12.5. The molecule has 1 fully saturated rings. The number of hydrogen-bond donors (Lipinski definition) is 2. The summed E-state index contributed by atoms with van der Waals surface area (Å²) in [5, 5.41) is 5.53. The number of nitrogens with one attached hydrogen (secondary N) is 2. The lowest BCUT2D eigenvalue weighted by Gasteiger charge is -2.38. The number of benzene rings is 2. The van der Waals surface area contributed by atoms with Crippen LogP contribution in [0.5, 0.6) is 5.75 Å². The van der Waals surface area contributed by atoms with Crippen molar-refractivity contribution in [2.75, 3.05) is 51.8 Å². The molecule has 4 rings (SSSR count). The van der Waals surface area contributed by atoms with E-state index in [-0.39, 0.29) is 0 Å². The van der Waals surface area contributed by atoms with Crippen molar-refractivity contribution in [3.8, 4) is 5.75 Å². The third-order valence-electron chi connectivity index (χ3n) is 5.94.